The third kappa shape index (κ3) is 4.57. The van der Waals surface area contributed by atoms with Crippen LogP contribution in [-0.4, -0.2) is 50.7 Å². The van der Waals surface area contributed by atoms with E-state index in [1.165, 1.54) is 22.5 Å². The van der Waals surface area contributed by atoms with Crippen LogP contribution < -0.4 is 5.32 Å². The number of nitrogens with zero attached hydrogens (tertiary/aromatic N) is 1. The van der Waals surface area contributed by atoms with E-state index in [1.807, 2.05) is 0 Å². The molecule has 2 aliphatic rings. The number of carbonyl (C=O) groups is 1. The fourth-order valence-corrected chi connectivity index (χ4v) is 5.44. The number of halogens is 3. The van der Waals surface area contributed by atoms with Crippen molar-refractivity contribution in [2.45, 2.75) is 23.5 Å². The Hall–Kier alpha value is -1.75. The molecule has 2 saturated heterocycles. The lowest BCUT2D eigenvalue weighted by Crippen LogP contribution is -2.47. The number of sulfonamides is 1. The quantitative estimate of drug-likeness (QED) is 0.704. The lowest BCUT2D eigenvalue weighted by Gasteiger charge is -2.36. The standard InChI is InChI=1S/C20H19Cl2FN2O5S/c21-15-3-2-14(12-16(15)22)24-19(26)13-1-4-17(23)18(11-13)31(27,28)25-7-5-20(6-8-25)29-9-10-30-20/h1-4,11-12H,5-10H2,(H,24,26). The van der Waals surface area contributed by atoms with Gasteiger partial charge in [-0.2, -0.15) is 4.31 Å². The topological polar surface area (TPSA) is 84.9 Å². The molecule has 31 heavy (non-hydrogen) atoms. The Morgan fingerprint density at radius 2 is 1.71 bits per heavy atom. The van der Waals surface area contributed by atoms with Crippen LogP contribution in [-0.2, 0) is 19.5 Å². The summed E-state index contributed by atoms with van der Waals surface area (Å²) in [5.74, 6) is -2.30. The summed E-state index contributed by atoms with van der Waals surface area (Å²) in [5, 5.41) is 3.17. The van der Waals surface area contributed by atoms with E-state index in [-0.39, 0.29) is 23.7 Å². The van der Waals surface area contributed by atoms with Crippen LogP contribution in [0.25, 0.3) is 0 Å². The normalized spacial score (nSPS) is 18.9. The number of amides is 1. The van der Waals surface area contributed by atoms with Gasteiger partial charge in [0.05, 0.1) is 23.3 Å². The summed E-state index contributed by atoms with van der Waals surface area (Å²) >= 11 is 11.8. The molecule has 0 atom stereocenters. The number of anilines is 1. The number of rotatable bonds is 4. The second-order valence-electron chi connectivity index (χ2n) is 7.24. The number of ether oxygens (including phenoxy) is 2. The van der Waals surface area contributed by atoms with Crippen LogP contribution in [0.1, 0.15) is 23.2 Å². The van der Waals surface area contributed by atoms with Gasteiger partial charge in [-0.3, -0.25) is 4.79 Å². The SMILES string of the molecule is O=C(Nc1ccc(Cl)c(Cl)c1)c1ccc(F)c(S(=O)(=O)N2CCC3(CC2)OCCO3)c1. The summed E-state index contributed by atoms with van der Waals surface area (Å²) in [4.78, 5) is 12.0. The Bertz CT molecular complexity index is 1110. The molecule has 2 aromatic rings. The van der Waals surface area contributed by atoms with E-state index in [1.54, 1.807) is 6.07 Å². The maximum Gasteiger partial charge on any atom is 0.255 e. The molecule has 2 aliphatic heterocycles. The summed E-state index contributed by atoms with van der Waals surface area (Å²) in [6, 6.07) is 7.73. The van der Waals surface area contributed by atoms with E-state index in [0.717, 1.165) is 12.1 Å². The highest BCUT2D eigenvalue weighted by atomic mass is 35.5. The molecule has 0 saturated carbocycles. The molecule has 1 N–H and O–H groups in total. The van der Waals surface area contributed by atoms with Gasteiger partial charge in [-0.25, -0.2) is 12.8 Å². The first-order valence-corrected chi connectivity index (χ1v) is 11.7. The number of nitrogens with one attached hydrogen (secondary N) is 1. The summed E-state index contributed by atoms with van der Waals surface area (Å²) < 4.78 is 53.0. The number of benzene rings is 2. The van der Waals surface area contributed by atoms with Crippen LogP contribution >= 0.6 is 23.2 Å². The van der Waals surface area contributed by atoms with Gasteiger partial charge in [0, 0.05) is 37.2 Å². The number of carbonyl (C=O) groups excluding carboxylic acids is 1. The summed E-state index contributed by atoms with van der Waals surface area (Å²) in [7, 11) is -4.15. The molecule has 0 radical (unpaired) electrons. The second kappa shape index (κ2) is 8.65. The Labute approximate surface area is 189 Å². The second-order valence-corrected chi connectivity index (χ2v) is 9.96. The van der Waals surface area contributed by atoms with Crippen molar-refractivity contribution < 1.29 is 27.1 Å². The van der Waals surface area contributed by atoms with Crippen LogP contribution in [0.15, 0.2) is 41.3 Å². The van der Waals surface area contributed by atoms with Crippen LogP contribution in [0.4, 0.5) is 10.1 Å². The lowest BCUT2D eigenvalue weighted by molar-refractivity contribution is -0.179. The van der Waals surface area contributed by atoms with Crippen LogP contribution in [0.5, 0.6) is 0 Å². The number of hydrogen-bond donors (Lipinski definition) is 1. The van der Waals surface area contributed by atoms with Crippen molar-refractivity contribution in [1.29, 1.82) is 0 Å². The minimum absolute atomic E-state index is 0.0120. The largest absolute Gasteiger partial charge is 0.347 e. The first kappa shape index (κ1) is 22.4. The molecule has 2 aromatic carbocycles. The smallest absolute Gasteiger partial charge is 0.255 e. The number of hydrogen-bond acceptors (Lipinski definition) is 5. The van der Waals surface area contributed by atoms with Gasteiger partial charge in [0.25, 0.3) is 5.91 Å². The molecule has 2 fully saturated rings. The van der Waals surface area contributed by atoms with Gasteiger partial charge in [-0.05, 0) is 36.4 Å². The minimum atomic E-state index is -4.15. The summed E-state index contributed by atoms with van der Waals surface area (Å²) in [6.45, 7) is 1.19. The molecule has 11 heteroatoms. The van der Waals surface area contributed by atoms with Crippen molar-refractivity contribution in [3.63, 3.8) is 0 Å². The third-order valence-electron chi connectivity index (χ3n) is 5.29. The maximum absolute atomic E-state index is 14.5. The average Bonchev–Trinajstić information content (AvgIpc) is 3.19. The van der Waals surface area contributed by atoms with Gasteiger partial charge >= 0.3 is 0 Å². The molecule has 2 heterocycles. The van der Waals surface area contributed by atoms with Crippen LogP contribution in [0.3, 0.4) is 0 Å². The zero-order chi connectivity index (χ0) is 22.2. The Morgan fingerprint density at radius 1 is 1.03 bits per heavy atom. The van der Waals surface area contributed by atoms with E-state index < -0.39 is 32.4 Å². The molecule has 0 aromatic heterocycles. The first-order valence-electron chi connectivity index (χ1n) is 9.54. The van der Waals surface area contributed by atoms with E-state index in [0.29, 0.717) is 36.8 Å². The van der Waals surface area contributed by atoms with Crippen molar-refractivity contribution in [3.8, 4) is 0 Å². The fraction of sp³-hybridized carbons (Fsp3) is 0.350. The molecule has 1 amide bonds. The Kier molecular flexibility index (Phi) is 6.26. The van der Waals surface area contributed by atoms with Crippen molar-refractivity contribution in [1.82, 2.24) is 4.31 Å². The number of piperidine rings is 1. The predicted molar refractivity (Wildman–Crippen MR) is 113 cm³/mol. The molecule has 4 rings (SSSR count). The van der Waals surface area contributed by atoms with Gasteiger partial charge in [-0.1, -0.05) is 23.2 Å². The van der Waals surface area contributed by atoms with Gasteiger partial charge in [-0.15, -0.1) is 0 Å². The minimum Gasteiger partial charge on any atom is -0.347 e. The van der Waals surface area contributed by atoms with Gasteiger partial charge in [0.15, 0.2) is 5.79 Å². The Balaban J connectivity index is 1.54. The zero-order valence-electron chi connectivity index (χ0n) is 16.2. The van der Waals surface area contributed by atoms with Gasteiger partial charge in [0.2, 0.25) is 10.0 Å². The van der Waals surface area contributed by atoms with Crippen LogP contribution in [0.2, 0.25) is 10.0 Å². The van der Waals surface area contributed by atoms with Gasteiger partial charge in [0.1, 0.15) is 10.7 Å². The average molecular weight is 489 g/mol. The molecular formula is C20H19Cl2FN2O5S. The van der Waals surface area contributed by atoms with Crippen molar-refractivity contribution in [2.24, 2.45) is 0 Å². The predicted octanol–water partition coefficient (Wildman–Crippen LogP) is 3.91. The molecule has 7 nitrogen and oxygen atoms in total. The monoisotopic (exact) mass is 488 g/mol. The van der Waals surface area contributed by atoms with E-state index in [9.17, 15) is 17.6 Å². The molecule has 1 spiro atoms. The highest BCUT2D eigenvalue weighted by Crippen LogP contribution is 2.34. The van der Waals surface area contributed by atoms with E-state index in [2.05, 4.69) is 5.32 Å². The summed E-state index contributed by atoms with van der Waals surface area (Å²) in [6.07, 6.45) is 0.705. The molecular weight excluding hydrogens is 470 g/mol. The van der Waals surface area contributed by atoms with Gasteiger partial charge < -0.3 is 14.8 Å². The molecule has 0 bridgehead atoms. The highest BCUT2D eigenvalue weighted by Gasteiger charge is 2.43. The van der Waals surface area contributed by atoms with E-state index in [4.69, 9.17) is 32.7 Å². The van der Waals surface area contributed by atoms with Crippen LogP contribution in [0, 0.1) is 5.82 Å². The lowest BCUT2D eigenvalue weighted by atomic mass is 10.1. The fourth-order valence-electron chi connectivity index (χ4n) is 3.61. The first-order chi connectivity index (χ1) is 14.7. The summed E-state index contributed by atoms with van der Waals surface area (Å²) in [5.41, 5.74) is 0.355. The highest BCUT2D eigenvalue weighted by molar-refractivity contribution is 7.89. The molecule has 166 valence electrons. The molecule has 0 aliphatic carbocycles. The van der Waals surface area contributed by atoms with Crippen molar-refractivity contribution in [2.75, 3.05) is 31.6 Å². The maximum atomic E-state index is 14.5. The Morgan fingerprint density at radius 3 is 2.35 bits per heavy atom. The van der Waals surface area contributed by atoms with E-state index >= 15 is 0 Å². The van der Waals surface area contributed by atoms with Crippen molar-refractivity contribution >= 4 is 44.8 Å². The third-order valence-corrected chi connectivity index (χ3v) is 7.94. The molecule has 0 unspecified atom stereocenters. The van der Waals surface area contributed by atoms with Crippen molar-refractivity contribution in [3.05, 3.63) is 57.8 Å². The zero-order valence-corrected chi connectivity index (χ0v) is 18.6.